The van der Waals surface area contributed by atoms with Gasteiger partial charge in [-0.15, -0.1) is 0 Å². The van der Waals surface area contributed by atoms with Crippen LogP contribution in [0.15, 0.2) is 18.2 Å². The Balaban J connectivity index is 3.02. The highest BCUT2D eigenvalue weighted by Gasteiger charge is 1.75. The lowest BCUT2D eigenvalue weighted by Gasteiger charge is -1.79. The van der Waals surface area contributed by atoms with Crippen molar-refractivity contribution < 1.29 is 0 Å². The zero-order valence-corrected chi connectivity index (χ0v) is 5.77. The zero-order valence-electron chi connectivity index (χ0n) is 3.61. The number of hydrogen-bond acceptors (Lipinski definition) is 0. The van der Waals surface area contributed by atoms with Gasteiger partial charge in [0.1, 0.15) is 0 Å². The molecule has 34 valence electrons. The van der Waals surface area contributed by atoms with Crippen molar-refractivity contribution in [3.8, 4) is 0 Å². The molecule has 0 atom stereocenters. The Morgan fingerprint density at radius 1 is 1.43 bits per heavy atom. The first kappa shape index (κ1) is 5.09. The summed E-state index contributed by atoms with van der Waals surface area (Å²) in [5, 5.41) is 0. The van der Waals surface area contributed by atoms with Gasteiger partial charge in [-0.25, -0.2) is 0 Å². The van der Waals surface area contributed by atoms with Crippen molar-refractivity contribution in [3.05, 3.63) is 33.9 Å². The van der Waals surface area contributed by atoms with Crippen molar-refractivity contribution in [2.24, 2.45) is 0 Å². The van der Waals surface area contributed by atoms with Gasteiger partial charge in [0.2, 0.25) is 0 Å². The van der Waals surface area contributed by atoms with Gasteiger partial charge in [0.15, 0.2) is 0 Å². The second-order valence-corrected chi connectivity index (χ2v) is 2.40. The molecule has 0 N–H and O–H groups in total. The van der Waals surface area contributed by atoms with E-state index in [4.69, 9.17) is 0 Å². The third-order valence-corrected chi connectivity index (χ3v) is 1.29. The van der Waals surface area contributed by atoms with Crippen molar-refractivity contribution in [2.45, 2.75) is 0 Å². The van der Waals surface area contributed by atoms with Crippen molar-refractivity contribution in [1.29, 1.82) is 0 Å². The van der Waals surface area contributed by atoms with Gasteiger partial charge in [-0.3, -0.25) is 0 Å². The fraction of sp³-hybridized carbons (Fsp3) is 0. The summed E-state index contributed by atoms with van der Waals surface area (Å²) in [6.45, 7) is 0. The Kier molecular flexibility index (Phi) is 1.68. The van der Waals surface area contributed by atoms with Crippen molar-refractivity contribution in [1.82, 2.24) is 0 Å². The number of halogens is 1. The van der Waals surface area contributed by atoms with E-state index in [2.05, 4.69) is 34.7 Å². The van der Waals surface area contributed by atoms with E-state index < -0.39 is 0 Å². The molecule has 0 aliphatic carbocycles. The Morgan fingerprint density at radius 2 is 2.29 bits per heavy atom. The minimum absolute atomic E-state index is 1.20. The maximum atomic E-state index is 2.83. The average Bonchev–Trinajstić information content (AvgIpc) is 1.69. The van der Waals surface area contributed by atoms with Gasteiger partial charge in [-0.1, -0.05) is 6.07 Å². The molecule has 1 aromatic rings. The molecule has 0 spiro atoms. The van der Waals surface area contributed by atoms with E-state index in [0.717, 1.165) is 0 Å². The third-order valence-electron chi connectivity index (χ3n) is 0.619. The lowest BCUT2D eigenvalue weighted by atomic mass is 10.4. The van der Waals surface area contributed by atoms with Crippen molar-refractivity contribution in [3.63, 3.8) is 0 Å². The van der Waals surface area contributed by atoms with Gasteiger partial charge >= 0.3 is 0 Å². The summed E-state index contributed by atoms with van der Waals surface area (Å²) in [4.78, 5) is 0. The van der Waals surface area contributed by atoms with Crippen LogP contribution in [0.3, 0.4) is 0 Å². The summed E-state index contributed by atoms with van der Waals surface area (Å²) >= 11 is 2.23. The van der Waals surface area contributed by atoms with Gasteiger partial charge in [-0.05, 0) is 46.9 Å². The zero-order chi connectivity index (χ0) is 5.11. The summed E-state index contributed by atoms with van der Waals surface area (Å²) in [6.07, 6.45) is 0. The standard InChI is InChI=1S/C6H3I/c7-6-4-2-1-3-5-6/h2,4-5H. The fourth-order valence-corrected chi connectivity index (χ4v) is 0.664. The molecule has 0 heterocycles. The summed E-state index contributed by atoms with van der Waals surface area (Å²) < 4.78 is 1.20. The van der Waals surface area contributed by atoms with Crippen LogP contribution in [0.4, 0.5) is 0 Å². The predicted octanol–water partition coefficient (Wildman–Crippen LogP) is 1.89. The van der Waals surface area contributed by atoms with E-state index in [-0.39, 0.29) is 0 Å². The van der Waals surface area contributed by atoms with Gasteiger partial charge < -0.3 is 0 Å². The van der Waals surface area contributed by atoms with Crippen LogP contribution in [0.25, 0.3) is 0 Å². The summed E-state index contributed by atoms with van der Waals surface area (Å²) in [7, 11) is 0. The molecular weight excluding hydrogens is 199 g/mol. The number of rotatable bonds is 0. The molecule has 0 saturated carbocycles. The lowest BCUT2D eigenvalue weighted by molar-refractivity contribution is 1.62. The first-order valence-electron chi connectivity index (χ1n) is 1.93. The Bertz CT molecular complexity index is 134. The largest absolute Gasteiger partial charge is 0.0527 e. The van der Waals surface area contributed by atoms with Crippen LogP contribution >= 0.6 is 22.6 Å². The van der Waals surface area contributed by atoms with Crippen LogP contribution in [0.5, 0.6) is 0 Å². The second kappa shape index (κ2) is 2.31. The predicted molar refractivity (Wildman–Crippen MR) is 36.8 cm³/mol. The van der Waals surface area contributed by atoms with E-state index in [1.807, 2.05) is 18.2 Å². The molecule has 0 aliphatic heterocycles. The second-order valence-electron chi connectivity index (χ2n) is 1.15. The Hall–Kier alpha value is -0.0500. The Morgan fingerprint density at radius 3 is 2.57 bits per heavy atom. The van der Waals surface area contributed by atoms with Gasteiger partial charge in [0.25, 0.3) is 0 Å². The van der Waals surface area contributed by atoms with Crippen molar-refractivity contribution >= 4 is 22.6 Å². The quantitative estimate of drug-likeness (QED) is 0.563. The van der Waals surface area contributed by atoms with Crippen LogP contribution < -0.4 is 0 Å². The fourth-order valence-electron chi connectivity index (χ4n) is 0.328. The molecule has 0 aromatic heterocycles. The molecule has 0 bridgehead atoms. The first-order chi connectivity index (χ1) is 3.39. The van der Waals surface area contributed by atoms with Crippen molar-refractivity contribution in [2.75, 3.05) is 0 Å². The van der Waals surface area contributed by atoms with E-state index in [0.29, 0.717) is 0 Å². The number of hydrogen-bond donors (Lipinski definition) is 0. The van der Waals surface area contributed by atoms with Crippen LogP contribution in [-0.2, 0) is 0 Å². The molecule has 0 amide bonds. The molecule has 1 aromatic carbocycles. The minimum Gasteiger partial charge on any atom is -0.0527 e. The van der Waals surface area contributed by atoms with Gasteiger partial charge in [0.05, 0.1) is 0 Å². The molecule has 7 heavy (non-hydrogen) atoms. The minimum atomic E-state index is 1.20. The topological polar surface area (TPSA) is 0 Å². The monoisotopic (exact) mass is 202 g/mol. The van der Waals surface area contributed by atoms with E-state index >= 15 is 0 Å². The highest BCUT2D eigenvalue weighted by Crippen LogP contribution is 1.98. The SMILES string of the molecule is Ic1c[c][c]cc1. The van der Waals surface area contributed by atoms with Crippen LogP contribution in [0.2, 0.25) is 0 Å². The molecular formula is C6H3I. The molecule has 2 radical (unpaired) electrons. The maximum Gasteiger partial charge on any atom is 0.0136 e. The molecule has 1 rings (SSSR count). The highest BCUT2D eigenvalue weighted by atomic mass is 127. The molecule has 0 nitrogen and oxygen atoms in total. The first-order valence-corrected chi connectivity index (χ1v) is 3.01. The number of benzene rings is 1. The molecule has 1 heteroatoms. The normalized spacial score (nSPS) is 8.71. The van der Waals surface area contributed by atoms with Gasteiger partial charge in [-0.2, -0.15) is 0 Å². The summed E-state index contributed by atoms with van der Waals surface area (Å²) in [6, 6.07) is 11.4. The van der Waals surface area contributed by atoms with Gasteiger partial charge in [0, 0.05) is 3.57 Å². The maximum absolute atomic E-state index is 2.83. The molecule has 0 saturated heterocycles. The molecule has 0 unspecified atom stereocenters. The molecule has 0 fully saturated rings. The lowest BCUT2D eigenvalue weighted by Crippen LogP contribution is -1.62. The smallest absolute Gasteiger partial charge is 0.0136 e. The van der Waals surface area contributed by atoms with Crippen LogP contribution in [0.1, 0.15) is 0 Å². The highest BCUT2D eigenvalue weighted by molar-refractivity contribution is 14.1. The molecule has 0 aliphatic rings. The van der Waals surface area contributed by atoms with Crippen LogP contribution in [-0.4, -0.2) is 0 Å². The Labute approximate surface area is 56.7 Å². The van der Waals surface area contributed by atoms with E-state index in [1.165, 1.54) is 3.57 Å². The summed E-state index contributed by atoms with van der Waals surface area (Å²) in [5.41, 5.74) is 0. The average molecular weight is 202 g/mol. The summed E-state index contributed by atoms with van der Waals surface area (Å²) in [5.74, 6) is 0. The third kappa shape index (κ3) is 1.47. The van der Waals surface area contributed by atoms with Crippen LogP contribution in [0, 0.1) is 15.7 Å². The van der Waals surface area contributed by atoms with E-state index in [1.54, 1.807) is 0 Å². The van der Waals surface area contributed by atoms with E-state index in [9.17, 15) is 0 Å².